The third-order valence-electron chi connectivity index (χ3n) is 4.11. The molecule has 24 heavy (non-hydrogen) atoms. The molecule has 1 fully saturated rings. The number of para-hydroxylation sites is 1. The van der Waals surface area contributed by atoms with Crippen molar-refractivity contribution in [3.8, 4) is 5.75 Å². The molecule has 1 unspecified atom stereocenters. The first-order valence-electron chi connectivity index (χ1n) is 8.03. The fourth-order valence-electron chi connectivity index (χ4n) is 2.83. The lowest BCUT2D eigenvalue weighted by Gasteiger charge is -2.24. The topological polar surface area (TPSA) is 90.3 Å². The molecule has 7 nitrogen and oxygen atoms in total. The zero-order valence-corrected chi connectivity index (χ0v) is 13.8. The number of carbonyl (C=O) groups is 2. The zero-order valence-electron chi connectivity index (χ0n) is 13.8. The SMILES string of the molecule is CN(CC(=O)O)C1CN(C(=O)CCCOc2ccccc2)C[C@H]1O. The molecule has 0 aromatic heterocycles. The van der Waals surface area contributed by atoms with Crippen molar-refractivity contribution in [3.05, 3.63) is 30.3 Å². The van der Waals surface area contributed by atoms with Crippen LogP contribution in [0.3, 0.4) is 0 Å². The predicted molar refractivity (Wildman–Crippen MR) is 87.8 cm³/mol. The molecule has 2 N–H and O–H groups in total. The number of β-amino-alcohol motifs (C(OH)–C–C–N with tert-alkyl or cyclic N) is 1. The fourth-order valence-corrected chi connectivity index (χ4v) is 2.83. The number of aliphatic hydroxyl groups is 1. The van der Waals surface area contributed by atoms with E-state index >= 15 is 0 Å². The van der Waals surface area contributed by atoms with Crippen LogP contribution in [0.4, 0.5) is 0 Å². The Hall–Kier alpha value is -2.12. The van der Waals surface area contributed by atoms with Gasteiger partial charge in [-0.25, -0.2) is 0 Å². The van der Waals surface area contributed by atoms with Crippen molar-refractivity contribution in [2.75, 3.05) is 33.3 Å². The zero-order chi connectivity index (χ0) is 17.5. The standard InChI is InChI=1S/C17H24N2O5/c1-18(12-17(22)23)14-10-19(11-15(14)20)16(21)8-5-9-24-13-6-3-2-4-7-13/h2-4,6-7,14-15,20H,5,8-12H2,1H3,(H,22,23)/t14?,15-/m1/s1. The lowest BCUT2D eigenvalue weighted by molar-refractivity contribution is -0.138. The highest BCUT2D eigenvalue weighted by Crippen LogP contribution is 2.17. The quantitative estimate of drug-likeness (QED) is 0.669. The van der Waals surface area contributed by atoms with E-state index in [2.05, 4.69) is 0 Å². The largest absolute Gasteiger partial charge is 0.494 e. The van der Waals surface area contributed by atoms with Crippen LogP contribution in [0.2, 0.25) is 0 Å². The van der Waals surface area contributed by atoms with Gasteiger partial charge in [-0.05, 0) is 25.6 Å². The summed E-state index contributed by atoms with van der Waals surface area (Å²) < 4.78 is 5.55. The van der Waals surface area contributed by atoms with Crippen molar-refractivity contribution in [2.24, 2.45) is 0 Å². The van der Waals surface area contributed by atoms with Crippen molar-refractivity contribution in [3.63, 3.8) is 0 Å². The van der Waals surface area contributed by atoms with Gasteiger partial charge in [0.2, 0.25) is 5.91 Å². The van der Waals surface area contributed by atoms with E-state index in [0.29, 0.717) is 26.0 Å². The molecule has 2 rings (SSSR count). The van der Waals surface area contributed by atoms with Crippen LogP contribution in [0.25, 0.3) is 0 Å². The summed E-state index contributed by atoms with van der Waals surface area (Å²) in [4.78, 5) is 26.1. The third kappa shape index (κ3) is 5.21. The molecule has 1 aliphatic heterocycles. The molecular weight excluding hydrogens is 312 g/mol. The summed E-state index contributed by atoms with van der Waals surface area (Å²) in [5.74, 6) is -0.221. The van der Waals surface area contributed by atoms with Gasteiger partial charge >= 0.3 is 5.97 Å². The molecule has 7 heteroatoms. The van der Waals surface area contributed by atoms with Crippen LogP contribution < -0.4 is 4.74 Å². The lowest BCUT2D eigenvalue weighted by atomic mass is 10.2. The molecule has 1 aliphatic rings. The molecule has 0 saturated carbocycles. The fraction of sp³-hybridized carbons (Fsp3) is 0.529. The van der Waals surface area contributed by atoms with Gasteiger partial charge < -0.3 is 19.8 Å². The number of nitrogens with zero attached hydrogens (tertiary/aromatic N) is 2. The van der Waals surface area contributed by atoms with Crippen LogP contribution >= 0.6 is 0 Å². The van der Waals surface area contributed by atoms with Gasteiger partial charge in [-0.3, -0.25) is 14.5 Å². The number of hydrogen-bond acceptors (Lipinski definition) is 5. The molecule has 1 saturated heterocycles. The third-order valence-corrected chi connectivity index (χ3v) is 4.11. The van der Waals surface area contributed by atoms with E-state index in [1.807, 2.05) is 30.3 Å². The van der Waals surface area contributed by atoms with Crippen molar-refractivity contribution in [2.45, 2.75) is 25.0 Å². The molecule has 1 aromatic rings. The van der Waals surface area contributed by atoms with Gasteiger partial charge in [0, 0.05) is 19.5 Å². The van der Waals surface area contributed by atoms with Crippen LogP contribution in [0.1, 0.15) is 12.8 Å². The van der Waals surface area contributed by atoms with E-state index in [4.69, 9.17) is 9.84 Å². The summed E-state index contributed by atoms with van der Waals surface area (Å²) >= 11 is 0. The van der Waals surface area contributed by atoms with Gasteiger partial charge in [-0.1, -0.05) is 18.2 Å². The van der Waals surface area contributed by atoms with Crippen molar-refractivity contribution < 1.29 is 24.5 Å². The second-order valence-electron chi connectivity index (χ2n) is 6.01. The van der Waals surface area contributed by atoms with Crippen LogP contribution in [0.5, 0.6) is 5.75 Å². The maximum Gasteiger partial charge on any atom is 0.317 e. The summed E-state index contributed by atoms with van der Waals surface area (Å²) in [5, 5.41) is 18.9. The second kappa shape index (κ2) is 8.65. The highest BCUT2D eigenvalue weighted by atomic mass is 16.5. The van der Waals surface area contributed by atoms with Gasteiger partial charge in [0.15, 0.2) is 0 Å². The normalized spacial score (nSPS) is 20.4. The summed E-state index contributed by atoms with van der Waals surface area (Å²) in [7, 11) is 1.64. The van der Waals surface area contributed by atoms with Crippen LogP contribution in [0, 0.1) is 0 Å². The number of benzene rings is 1. The van der Waals surface area contributed by atoms with Crippen molar-refractivity contribution in [1.82, 2.24) is 9.80 Å². The molecule has 1 amide bonds. The molecule has 0 spiro atoms. The Morgan fingerprint density at radius 3 is 2.67 bits per heavy atom. The maximum atomic E-state index is 12.2. The van der Waals surface area contributed by atoms with Gasteiger partial charge in [0.05, 0.1) is 25.3 Å². The number of likely N-dealkylation sites (N-methyl/N-ethyl adjacent to an activating group) is 1. The average molecular weight is 336 g/mol. The first-order valence-corrected chi connectivity index (χ1v) is 8.03. The monoisotopic (exact) mass is 336 g/mol. The minimum Gasteiger partial charge on any atom is -0.494 e. The minimum atomic E-state index is -0.951. The summed E-state index contributed by atoms with van der Waals surface area (Å²) in [5.41, 5.74) is 0. The number of hydrogen-bond donors (Lipinski definition) is 2. The van der Waals surface area contributed by atoms with Crippen molar-refractivity contribution in [1.29, 1.82) is 0 Å². The highest BCUT2D eigenvalue weighted by molar-refractivity contribution is 5.76. The Morgan fingerprint density at radius 2 is 2.00 bits per heavy atom. The smallest absolute Gasteiger partial charge is 0.317 e. The highest BCUT2D eigenvalue weighted by Gasteiger charge is 2.36. The Balaban J connectivity index is 1.72. The average Bonchev–Trinajstić information content (AvgIpc) is 2.94. The number of ether oxygens (including phenoxy) is 1. The van der Waals surface area contributed by atoms with E-state index in [0.717, 1.165) is 5.75 Å². The Labute approximate surface area is 141 Å². The van der Waals surface area contributed by atoms with Gasteiger partial charge in [0.25, 0.3) is 0 Å². The molecule has 0 radical (unpaired) electrons. The predicted octanol–water partition coefficient (Wildman–Crippen LogP) is 0.434. The van der Waals surface area contributed by atoms with Crippen LogP contribution in [-0.4, -0.2) is 77.3 Å². The van der Waals surface area contributed by atoms with Crippen LogP contribution in [-0.2, 0) is 9.59 Å². The first-order chi connectivity index (χ1) is 11.5. The lowest BCUT2D eigenvalue weighted by Crippen LogP contribution is -2.43. The first kappa shape index (κ1) is 18.2. The second-order valence-corrected chi connectivity index (χ2v) is 6.01. The molecule has 0 aliphatic carbocycles. The number of aliphatic hydroxyl groups excluding tert-OH is 1. The number of carboxylic acid groups (broad SMARTS) is 1. The van der Waals surface area contributed by atoms with E-state index in [1.54, 1.807) is 16.8 Å². The Morgan fingerprint density at radius 1 is 1.29 bits per heavy atom. The summed E-state index contributed by atoms with van der Waals surface area (Å²) in [6, 6.07) is 9.07. The number of likely N-dealkylation sites (tertiary alicyclic amines) is 1. The number of rotatable bonds is 8. The minimum absolute atomic E-state index is 0.0445. The Bertz CT molecular complexity index is 551. The number of amides is 1. The number of aliphatic carboxylic acids is 1. The molecule has 1 heterocycles. The van der Waals surface area contributed by atoms with Crippen molar-refractivity contribution >= 4 is 11.9 Å². The van der Waals surface area contributed by atoms with Gasteiger partial charge in [-0.15, -0.1) is 0 Å². The van der Waals surface area contributed by atoms with Crippen LogP contribution in [0.15, 0.2) is 30.3 Å². The van der Waals surface area contributed by atoms with E-state index < -0.39 is 12.1 Å². The number of carbonyl (C=O) groups excluding carboxylic acids is 1. The van der Waals surface area contributed by atoms with Gasteiger partial charge in [-0.2, -0.15) is 0 Å². The van der Waals surface area contributed by atoms with E-state index in [9.17, 15) is 14.7 Å². The molecule has 132 valence electrons. The Kier molecular flexibility index (Phi) is 6.57. The summed E-state index contributed by atoms with van der Waals surface area (Å²) in [6.45, 7) is 0.888. The molecule has 0 bridgehead atoms. The van der Waals surface area contributed by atoms with Gasteiger partial charge in [0.1, 0.15) is 5.75 Å². The maximum absolute atomic E-state index is 12.2. The number of carboxylic acids is 1. The summed E-state index contributed by atoms with van der Waals surface area (Å²) in [6.07, 6.45) is 0.212. The molecular formula is C17H24N2O5. The van der Waals surface area contributed by atoms with E-state index in [-0.39, 0.29) is 25.0 Å². The molecule has 2 atom stereocenters. The molecule has 1 aromatic carbocycles. The van der Waals surface area contributed by atoms with E-state index in [1.165, 1.54) is 0 Å².